The van der Waals surface area contributed by atoms with Crippen LogP contribution in [0.5, 0.6) is 0 Å². The highest BCUT2D eigenvalue weighted by Crippen LogP contribution is 2.29. The maximum atomic E-state index is 5.21. The van der Waals surface area contributed by atoms with Gasteiger partial charge in [-0.1, -0.05) is 24.1 Å². The van der Waals surface area contributed by atoms with Gasteiger partial charge in [0.15, 0.2) is 0 Å². The molecule has 0 amide bonds. The summed E-state index contributed by atoms with van der Waals surface area (Å²) in [7, 11) is 0. The lowest BCUT2D eigenvalue weighted by atomic mass is 10.1. The number of rotatable bonds is 0. The number of para-hydroxylation sites is 1. The molecule has 1 heterocycles. The van der Waals surface area contributed by atoms with Gasteiger partial charge in [-0.2, -0.15) is 0 Å². The van der Waals surface area contributed by atoms with Crippen molar-refractivity contribution in [3.8, 4) is 12.3 Å². The van der Waals surface area contributed by atoms with Crippen LogP contribution in [0, 0.1) is 12.3 Å². The molecule has 0 fully saturated rings. The molecule has 0 atom stereocenters. The van der Waals surface area contributed by atoms with Crippen molar-refractivity contribution in [2.24, 2.45) is 0 Å². The molecular formula is C11H9N. The summed E-state index contributed by atoms with van der Waals surface area (Å²) in [6.07, 6.45) is 7.03. The van der Waals surface area contributed by atoms with Gasteiger partial charge in [-0.25, -0.2) is 0 Å². The SMILES string of the molecule is C#C/C=C1\CNc2ccccc21. The lowest BCUT2D eigenvalue weighted by molar-refractivity contribution is 1.45. The van der Waals surface area contributed by atoms with Crippen molar-refractivity contribution in [3.05, 3.63) is 35.9 Å². The second-order valence-electron chi connectivity index (χ2n) is 2.74. The fourth-order valence-corrected chi connectivity index (χ4v) is 1.43. The van der Waals surface area contributed by atoms with E-state index in [4.69, 9.17) is 6.42 Å². The second-order valence-corrected chi connectivity index (χ2v) is 2.74. The monoisotopic (exact) mass is 155 g/mol. The van der Waals surface area contributed by atoms with Gasteiger partial charge in [0.1, 0.15) is 0 Å². The number of hydrogen-bond acceptors (Lipinski definition) is 1. The Hall–Kier alpha value is -1.68. The van der Waals surface area contributed by atoms with E-state index in [0.29, 0.717) is 0 Å². The lowest BCUT2D eigenvalue weighted by Gasteiger charge is -1.95. The largest absolute Gasteiger partial charge is 0.380 e. The van der Waals surface area contributed by atoms with Crippen LogP contribution in [0.1, 0.15) is 5.56 Å². The topological polar surface area (TPSA) is 12.0 Å². The zero-order valence-electron chi connectivity index (χ0n) is 6.67. The van der Waals surface area contributed by atoms with Crippen LogP contribution in [-0.2, 0) is 0 Å². The predicted octanol–water partition coefficient (Wildman–Crippen LogP) is 2.13. The molecule has 1 nitrogen and oxygen atoms in total. The quantitative estimate of drug-likeness (QED) is 0.566. The highest BCUT2D eigenvalue weighted by molar-refractivity contribution is 5.85. The average Bonchev–Trinajstić information content (AvgIpc) is 2.50. The molecule has 0 radical (unpaired) electrons. The number of allylic oxidation sites excluding steroid dienone is 1. The first-order chi connectivity index (χ1) is 5.92. The number of hydrogen-bond donors (Lipinski definition) is 1. The first-order valence-corrected chi connectivity index (χ1v) is 3.90. The van der Waals surface area contributed by atoms with E-state index in [1.807, 2.05) is 18.2 Å². The van der Waals surface area contributed by atoms with Crippen molar-refractivity contribution in [2.45, 2.75) is 0 Å². The van der Waals surface area contributed by atoms with Crippen molar-refractivity contribution < 1.29 is 0 Å². The summed E-state index contributed by atoms with van der Waals surface area (Å²) >= 11 is 0. The van der Waals surface area contributed by atoms with Crippen LogP contribution in [-0.4, -0.2) is 6.54 Å². The van der Waals surface area contributed by atoms with Crippen molar-refractivity contribution >= 4 is 11.3 Å². The maximum Gasteiger partial charge on any atom is 0.0420 e. The molecule has 58 valence electrons. The van der Waals surface area contributed by atoms with Crippen molar-refractivity contribution in [1.82, 2.24) is 0 Å². The Balaban J connectivity index is 2.51. The molecular weight excluding hydrogens is 146 g/mol. The zero-order chi connectivity index (χ0) is 8.39. The molecule has 1 heteroatoms. The van der Waals surface area contributed by atoms with Gasteiger partial charge in [-0.3, -0.25) is 0 Å². The standard InChI is InChI=1S/C11H9N/c1-2-5-9-8-12-11-7-4-3-6-10(9)11/h1,3-7,12H,8H2/b9-5+. The van der Waals surface area contributed by atoms with Crippen LogP contribution in [0.25, 0.3) is 5.57 Å². The molecule has 0 saturated carbocycles. The average molecular weight is 155 g/mol. The Bertz CT molecular complexity index is 369. The molecule has 1 N–H and O–H groups in total. The third-order valence-corrected chi connectivity index (χ3v) is 2.00. The van der Waals surface area contributed by atoms with Crippen LogP contribution in [0.2, 0.25) is 0 Å². The highest BCUT2D eigenvalue weighted by Gasteiger charge is 2.12. The minimum Gasteiger partial charge on any atom is -0.380 e. The van der Waals surface area contributed by atoms with E-state index in [9.17, 15) is 0 Å². The molecule has 0 unspecified atom stereocenters. The summed E-state index contributed by atoms with van der Waals surface area (Å²) in [5.41, 5.74) is 3.61. The summed E-state index contributed by atoms with van der Waals surface area (Å²) < 4.78 is 0. The minimum atomic E-state index is 0.851. The second kappa shape index (κ2) is 2.75. The Labute approximate surface area is 72.1 Å². The fraction of sp³-hybridized carbons (Fsp3) is 0.0909. The van der Waals surface area contributed by atoms with Gasteiger partial charge < -0.3 is 5.32 Å². The molecule has 0 aliphatic carbocycles. The summed E-state index contributed by atoms with van der Waals surface area (Å²) in [5, 5.41) is 3.27. The van der Waals surface area contributed by atoms with Crippen LogP contribution < -0.4 is 5.32 Å². The first-order valence-electron chi connectivity index (χ1n) is 3.90. The molecule has 12 heavy (non-hydrogen) atoms. The smallest absolute Gasteiger partial charge is 0.0420 e. The Morgan fingerprint density at radius 2 is 2.25 bits per heavy atom. The Kier molecular flexibility index (Phi) is 1.60. The van der Waals surface area contributed by atoms with Gasteiger partial charge in [-0.05, 0) is 17.7 Å². The number of benzene rings is 1. The van der Waals surface area contributed by atoms with Gasteiger partial charge in [0, 0.05) is 17.8 Å². The van der Waals surface area contributed by atoms with Crippen LogP contribution in [0.15, 0.2) is 30.3 Å². The molecule has 2 rings (SSSR count). The van der Waals surface area contributed by atoms with Crippen molar-refractivity contribution in [1.29, 1.82) is 0 Å². The van der Waals surface area contributed by atoms with E-state index in [0.717, 1.165) is 6.54 Å². The van der Waals surface area contributed by atoms with Gasteiger partial charge >= 0.3 is 0 Å². The molecule has 0 spiro atoms. The lowest BCUT2D eigenvalue weighted by Crippen LogP contribution is -1.90. The first kappa shape index (κ1) is 7.00. The van der Waals surface area contributed by atoms with E-state index in [-0.39, 0.29) is 0 Å². The van der Waals surface area contributed by atoms with E-state index in [1.165, 1.54) is 16.8 Å². The summed E-state index contributed by atoms with van der Waals surface area (Å²) in [6, 6.07) is 8.19. The van der Waals surface area contributed by atoms with Gasteiger partial charge in [0.2, 0.25) is 0 Å². The Morgan fingerprint density at radius 1 is 1.42 bits per heavy atom. The maximum absolute atomic E-state index is 5.21. The van der Waals surface area contributed by atoms with E-state index in [1.54, 1.807) is 0 Å². The van der Waals surface area contributed by atoms with Crippen molar-refractivity contribution in [2.75, 3.05) is 11.9 Å². The third kappa shape index (κ3) is 0.981. The van der Waals surface area contributed by atoms with E-state index in [2.05, 4.69) is 23.4 Å². The highest BCUT2D eigenvalue weighted by atomic mass is 14.9. The fourth-order valence-electron chi connectivity index (χ4n) is 1.43. The van der Waals surface area contributed by atoms with E-state index < -0.39 is 0 Å². The summed E-state index contributed by atoms with van der Waals surface area (Å²) in [6.45, 7) is 0.851. The van der Waals surface area contributed by atoms with E-state index >= 15 is 0 Å². The molecule has 1 aliphatic heterocycles. The number of nitrogens with one attached hydrogen (secondary N) is 1. The summed E-state index contributed by atoms with van der Waals surface area (Å²) in [4.78, 5) is 0. The number of fused-ring (bicyclic) bond motifs is 1. The van der Waals surface area contributed by atoms with Gasteiger partial charge in [0.25, 0.3) is 0 Å². The Morgan fingerprint density at radius 3 is 3.08 bits per heavy atom. The van der Waals surface area contributed by atoms with Crippen molar-refractivity contribution in [3.63, 3.8) is 0 Å². The minimum absolute atomic E-state index is 0.851. The molecule has 0 bridgehead atoms. The molecule has 1 aliphatic rings. The normalized spacial score (nSPS) is 16.8. The number of terminal acetylenes is 1. The zero-order valence-corrected chi connectivity index (χ0v) is 6.67. The predicted molar refractivity (Wildman–Crippen MR) is 51.7 cm³/mol. The molecule has 1 aromatic rings. The molecule has 1 aromatic carbocycles. The molecule has 0 saturated heterocycles. The van der Waals surface area contributed by atoms with Gasteiger partial charge in [0.05, 0.1) is 0 Å². The van der Waals surface area contributed by atoms with Crippen LogP contribution >= 0.6 is 0 Å². The summed E-state index contributed by atoms with van der Waals surface area (Å²) in [5.74, 6) is 2.55. The number of anilines is 1. The van der Waals surface area contributed by atoms with Crippen LogP contribution in [0.3, 0.4) is 0 Å². The third-order valence-electron chi connectivity index (χ3n) is 2.00. The van der Waals surface area contributed by atoms with Gasteiger partial charge in [-0.15, -0.1) is 6.42 Å². The van der Waals surface area contributed by atoms with Crippen LogP contribution in [0.4, 0.5) is 5.69 Å². The molecule has 0 aromatic heterocycles.